The fourth-order valence-electron chi connectivity index (χ4n) is 1.62. The Balaban J connectivity index is 1.82. The van der Waals surface area contributed by atoms with Crippen LogP contribution in [0.2, 0.25) is 0 Å². The first-order valence-corrected chi connectivity index (χ1v) is 6.46. The van der Waals surface area contributed by atoms with Crippen molar-refractivity contribution in [2.75, 3.05) is 13.2 Å². The summed E-state index contributed by atoms with van der Waals surface area (Å²) in [5.41, 5.74) is 1.11. The van der Waals surface area contributed by atoms with Crippen molar-refractivity contribution in [2.24, 2.45) is 0 Å². The van der Waals surface area contributed by atoms with E-state index in [1.807, 2.05) is 42.5 Å². The molecular weight excluding hydrogens is 256 g/mol. The first-order chi connectivity index (χ1) is 9.78. The fourth-order valence-corrected chi connectivity index (χ4v) is 1.62. The van der Waals surface area contributed by atoms with Gasteiger partial charge in [0.25, 0.3) is 0 Å². The second-order valence-electron chi connectivity index (χ2n) is 4.39. The van der Waals surface area contributed by atoms with Crippen LogP contribution >= 0.6 is 0 Å². The standard InChI is InChI=1S/C16H18O4/c17-10-14(18)12-20-16-8-6-15(7-9-16)19-11-13-4-2-1-3-5-13/h1-9,14,17-18H,10-12H2/t14-/m0/s1. The molecule has 0 heterocycles. The van der Waals surface area contributed by atoms with Crippen LogP contribution in [0.5, 0.6) is 11.5 Å². The molecule has 0 saturated carbocycles. The van der Waals surface area contributed by atoms with E-state index in [0.717, 1.165) is 11.3 Å². The maximum Gasteiger partial charge on any atom is 0.120 e. The largest absolute Gasteiger partial charge is 0.491 e. The van der Waals surface area contributed by atoms with Crippen LogP contribution in [0.4, 0.5) is 0 Å². The Kier molecular flexibility index (Phi) is 5.41. The zero-order chi connectivity index (χ0) is 14.2. The third-order valence-electron chi connectivity index (χ3n) is 2.73. The highest BCUT2D eigenvalue weighted by Crippen LogP contribution is 2.18. The molecule has 0 unspecified atom stereocenters. The lowest BCUT2D eigenvalue weighted by molar-refractivity contribution is 0.0536. The summed E-state index contributed by atoms with van der Waals surface area (Å²) in [4.78, 5) is 0. The molecule has 0 amide bonds. The maximum absolute atomic E-state index is 9.18. The summed E-state index contributed by atoms with van der Waals surface area (Å²) >= 11 is 0. The normalized spacial score (nSPS) is 11.9. The van der Waals surface area contributed by atoms with Crippen molar-refractivity contribution >= 4 is 0 Å². The molecule has 2 N–H and O–H groups in total. The smallest absolute Gasteiger partial charge is 0.120 e. The van der Waals surface area contributed by atoms with Crippen LogP contribution in [0.15, 0.2) is 54.6 Å². The SMILES string of the molecule is OC[C@H](O)COc1ccc(OCc2ccccc2)cc1. The van der Waals surface area contributed by atoms with E-state index < -0.39 is 6.10 Å². The van der Waals surface area contributed by atoms with Crippen LogP contribution in [0.1, 0.15) is 5.56 Å². The van der Waals surface area contributed by atoms with E-state index in [1.165, 1.54) is 0 Å². The number of benzene rings is 2. The van der Waals surface area contributed by atoms with Crippen LogP contribution in [-0.2, 0) is 6.61 Å². The Morgan fingerprint density at radius 1 is 0.850 bits per heavy atom. The Morgan fingerprint density at radius 3 is 2.05 bits per heavy atom. The first kappa shape index (κ1) is 14.4. The number of ether oxygens (including phenoxy) is 2. The third kappa shape index (κ3) is 4.57. The summed E-state index contributed by atoms with van der Waals surface area (Å²) in [6.45, 7) is 0.281. The molecular formula is C16H18O4. The van der Waals surface area contributed by atoms with Gasteiger partial charge in [0.15, 0.2) is 0 Å². The van der Waals surface area contributed by atoms with Crippen molar-refractivity contribution in [3.05, 3.63) is 60.2 Å². The predicted octanol–water partition coefficient (Wildman–Crippen LogP) is 2.00. The minimum atomic E-state index is -0.857. The monoisotopic (exact) mass is 274 g/mol. The van der Waals surface area contributed by atoms with Crippen molar-refractivity contribution in [3.8, 4) is 11.5 Å². The van der Waals surface area contributed by atoms with Gasteiger partial charge < -0.3 is 19.7 Å². The van der Waals surface area contributed by atoms with E-state index in [0.29, 0.717) is 12.4 Å². The van der Waals surface area contributed by atoms with E-state index in [2.05, 4.69) is 0 Å². The van der Waals surface area contributed by atoms with Gasteiger partial charge in [-0.05, 0) is 29.8 Å². The summed E-state index contributed by atoms with van der Waals surface area (Å²) in [6, 6.07) is 17.1. The third-order valence-corrected chi connectivity index (χ3v) is 2.73. The van der Waals surface area contributed by atoms with Crippen LogP contribution in [0, 0.1) is 0 Å². The summed E-state index contributed by atoms with van der Waals surface area (Å²) in [5.74, 6) is 1.38. The lowest BCUT2D eigenvalue weighted by Gasteiger charge is -2.11. The van der Waals surface area contributed by atoms with Gasteiger partial charge in [-0.15, -0.1) is 0 Å². The molecule has 1 atom stereocenters. The number of hydrogen-bond donors (Lipinski definition) is 2. The van der Waals surface area contributed by atoms with Crippen LogP contribution < -0.4 is 9.47 Å². The molecule has 0 aromatic heterocycles. The highest BCUT2D eigenvalue weighted by Gasteiger charge is 2.03. The molecule has 2 aromatic carbocycles. The van der Waals surface area contributed by atoms with E-state index in [1.54, 1.807) is 12.1 Å². The van der Waals surface area contributed by atoms with Gasteiger partial charge in [0.2, 0.25) is 0 Å². The average Bonchev–Trinajstić information content (AvgIpc) is 2.52. The summed E-state index contributed by atoms with van der Waals surface area (Å²) in [7, 11) is 0. The molecule has 0 fully saturated rings. The molecule has 20 heavy (non-hydrogen) atoms. The van der Waals surface area contributed by atoms with Crippen molar-refractivity contribution in [3.63, 3.8) is 0 Å². The molecule has 2 rings (SSSR count). The van der Waals surface area contributed by atoms with Crippen molar-refractivity contribution in [2.45, 2.75) is 12.7 Å². The predicted molar refractivity (Wildman–Crippen MR) is 75.8 cm³/mol. The quantitative estimate of drug-likeness (QED) is 0.810. The molecule has 0 aliphatic rings. The number of rotatable bonds is 7. The van der Waals surface area contributed by atoms with E-state index in [4.69, 9.17) is 14.6 Å². The van der Waals surface area contributed by atoms with Gasteiger partial charge in [0.05, 0.1) is 6.61 Å². The highest BCUT2D eigenvalue weighted by molar-refractivity contribution is 5.31. The van der Waals surface area contributed by atoms with Crippen molar-refractivity contribution < 1.29 is 19.7 Å². The second kappa shape index (κ2) is 7.53. The minimum absolute atomic E-state index is 0.0702. The van der Waals surface area contributed by atoms with Crippen LogP contribution in [0.3, 0.4) is 0 Å². The van der Waals surface area contributed by atoms with Gasteiger partial charge in [-0.25, -0.2) is 0 Å². The average molecular weight is 274 g/mol. The van der Waals surface area contributed by atoms with Gasteiger partial charge in [-0.1, -0.05) is 30.3 Å². The van der Waals surface area contributed by atoms with Gasteiger partial charge in [-0.3, -0.25) is 0 Å². The molecule has 0 aliphatic carbocycles. The van der Waals surface area contributed by atoms with Crippen molar-refractivity contribution in [1.82, 2.24) is 0 Å². The molecule has 106 valence electrons. The van der Waals surface area contributed by atoms with Gasteiger partial charge in [-0.2, -0.15) is 0 Å². The van der Waals surface area contributed by atoms with Gasteiger partial charge in [0.1, 0.15) is 30.8 Å². The molecule has 0 saturated heterocycles. The van der Waals surface area contributed by atoms with Crippen LogP contribution in [0.25, 0.3) is 0 Å². The Morgan fingerprint density at radius 2 is 1.45 bits per heavy atom. The zero-order valence-corrected chi connectivity index (χ0v) is 11.1. The second-order valence-corrected chi connectivity index (χ2v) is 4.39. The number of hydrogen-bond acceptors (Lipinski definition) is 4. The topological polar surface area (TPSA) is 58.9 Å². The summed E-state index contributed by atoms with van der Waals surface area (Å²) < 4.78 is 11.0. The van der Waals surface area contributed by atoms with Gasteiger partial charge in [0, 0.05) is 0 Å². The summed E-state index contributed by atoms with van der Waals surface area (Å²) in [5, 5.41) is 17.9. The van der Waals surface area contributed by atoms with Crippen LogP contribution in [-0.4, -0.2) is 29.5 Å². The molecule has 0 bridgehead atoms. The Labute approximate surface area is 118 Å². The number of aliphatic hydroxyl groups excluding tert-OH is 2. The van der Waals surface area contributed by atoms with E-state index >= 15 is 0 Å². The molecule has 0 radical (unpaired) electrons. The molecule has 4 nitrogen and oxygen atoms in total. The fraction of sp³-hybridized carbons (Fsp3) is 0.250. The lowest BCUT2D eigenvalue weighted by Crippen LogP contribution is -2.21. The highest BCUT2D eigenvalue weighted by atomic mass is 16.5. The molecule has 0 spiro atoms. The van der Waals surface area contributed by atoms with Gasteiger partial charge >= 0.3 is 0 Å². The zero-order valence-electron chi connectivity index (χ0n) is 11.1. The minimum Gasteiger partial charge on any atom is -0.491 e. The lowest BCUT2D eigenvalue weighted by atomic mass is 10.2. The number of aliphatic hydroxyl groups is 2. The Hall–Kier alpha value is -2.04. The summed E-state index contributed by atoms with van der Waals surface area (Å²) in [6.07, 6.45) is -0.857. The first-order valence-electron chi connectivity index (χ1n) is 6.46. The van der Waals surface area contributed by atoms with Crippen molar-refractivity contribution in [1.29, 1.82) is 0 Å². The van der Waals surface area contributed by atoms with E-state index in [9.17, 15) is 5.11 Å². The molecule has 4 heteroatoms. The van der Waals surface area contributed by atoms with E-state index in [-0.39, 0.29) is 13.2 Å². The Bertz CT molecular complexity index is 496. The maximum atomic E-state index is 9.18. The molecule has 2 aromatic rings. The molecule has 0 aliphatic heterocycles.